The molecular formula is C28H25N3OS. The first-order valence-electron chi connectivity index (χ1n) is 11.0. The Balaban J connectivity index is 1.43. The lowest BCUT2D eigenvalue weighted by Crippen LogP contribution is -1.96. The first-order chi connectivity index (χ1) is 16.3. The number of aromatic nitrogens is 1. The molecule has 0 amide bonds. The van der Waals surface area contributed by atoms with Crippen LogP contribution in [0.1, 0.15) is 24.8 Å². The number of unbranched alkanes of at least 4 members (excludes halogenated alkanes) is 1. The maximum Gasteiger partial charge on any atom is 0.136 e. The molecule has 5 heteroatoms. The Kier molecular flexibility index (Phi) is 7.52. The van der Waals surface area contributed by atoms with Crippen LogP contribution in [0, 0.1) is 11.3 Å². The number of anilines is 1. The number of ether oxygens (including phenoxy) is 1. The molecule has 33 heavy (non-hydrogen) atoms. The Hall–Kier alpha value is -3.88. The van der Waals surface area contributed by atoms with Crippen LogP contribution in [0.5, 0.6) is 5.75 Å². The highest BCUT2D eigenvalue weighted by Gasteiger charge is 2.09. The average molecular weight is 452 g/mol. The molecule has 4 nitrogen and oxygen atoms in total. The van der Waals surface area contributed by atoms with Crippen molar-refractivity contribution in [2.45, 2.75) is 19.8 Å². The van der Waals surface area contributed by atoms with Crippen LogP contribution in [-0.2, 0) is 0 Å². The molecule has 4 aromatic rings. The fraction of sp³-hybridized carbons (Fsp3) is 0.143. The van der Waals surface area contributed by atoms with Gasteiger partial charge in [0, 0.05) is 22.8 Å². The molecular weight excluding hydrogens is 426 g/mol. The van der Waals surface area contributed by atoms with E-state index in [9.17, 15) is 5.26 Å². The van der Waals surface area contributed by atoms with Gasteiger partial charge in [-0.15, -0.1) is 11.3 Å². The third-order valence-electron chi connectivity index (χ3n) is 5.15. The number of allylic oxidation sites excluding steroid dienone is 1. The van der Waals surface area contributed by atoms with Crippen molar-refractivity contribution in [3.8, 4) is 34.2 Å². The molecule has 0 atom stereocenters. The molecule has 0 aliphatic rings. The maximum absolute atomic E-state index is 9.65. The highest BCUT2D eigenvalue weighted by molar-refractivity contribution is 7.11. The highest BCUT2D eigenvalue weighted by atomic mass is 32.1. The van der Waals surface area contributed by atoms with Gasteiger partial charge in [-0.2, -0.15) is 5.26 Å². The molecule has 0 aliphatic carbocycles. The number of thiazole rings is 1. The van der Waals surface area contributed by atoms with Crippen molar-refractivity contribution in [1.82, 2.24) is 4.98 Å². The van der Waals surface area contributed by atoms with Crippen LogP contribution in [-0.4, -0.2) is 11.6 Å². The van der Waals surface area contributed by atoms with Gasteiger partial charge in [-0.25, -0.2) is 4.98 Å². The Bertz CT molecular complexity index is 1240. The van der Waals surface area contributed by atoms with E-state index in [4.69, 9.17) is 4.74 Å². The maximum atomic E-state index is 9.65. The van der Waals surface area contributed by atoms with E-state index in [1.54, 1.807) is 6.20 Å². The predicted molar refractivity (Wildman–Crippen MR) is 137 cm³/mol. The average Bonchev–Trinajstić information content (AvgIpc) is 3.36. The fourth-order valence-corrected chi connectivity index (χ4v) is 4.07. The van der Waals surface area contributed by atoms with E-state index in [0.29, 0.717) is 10.6 Å². The minimum Gasteiger partial charge on any atom is -0.494 e. The van der Waals surface area contributed by atoms with E-state index in [1.807, 2.05) is 47.8 Å². The molecule has 0 bridgehead atoms. The molecule has 0 saturated heterocycles. The second kappa shape index (κ2) is 11.1. The first-order valence-corrected chi connectivity index (χ1v) is 11.9. The lowest BCUT2D eigenvalue weighted by Gasteiger charge is -2.06. The summed E-state index contributed by atoms with van der Waals surface area (Å²) in [7, 11) is 0. The van der Waals surface area contributed by atoms with E-state index >= 15 is 0 Å². The monoisotopic (exact) mass is 451 g/mol. The molecule has 0 fully saturated rings. The molecule has 1 heterocycles. The van der Waals surface area contributed by atoms with Gasteiger partial charge in [0.1, 0.15) is 22.4 Å². The summed E-state index contributed by atoms with van der Waals surface area (Å²) in [6, 6.07) is 28.6. The SMILES string of the molecule is CCCCOc1ccc(N/C=C(\C#N)c2nc(-c3ccc(-c4ccccc4)cc3)cs2)cc1. The minimum atomic E-state index is 0.496. The second-order valence-electron chi connectivity index (χ2n) is 7.52. The smallest absolute Gasteiger partial charge is 0.136 e. The van der Waals surface area contributed by atoms with E-state index < -0.39 is 0 Å². The molecule has 164 valence electrons. The minimum absolute atomic E-state index is 0.496. The van der Waals surface area contributed by atoms with Crippen molar-refractivity contribution >= 4 is 22.6 Å². The van der Waals surface area contributed by atoms with Crippen LogP contribution in [0.25, 0.3) is 28.0 Å². The van der Waals surface area contributed by atoms with Crippen LogP contribution in [0.4, 0.5) is 5.69 Å². The molecule has 1 N–H and O–H groups in total. The van der Waals surface area contributed by atoms with Gasteiger partial charge in [0.2, 0.25) is 0 Å². The zero-order valence-electron chi connectivity index (χ0n) is 18.5. The summed E-state index contributed by atoms with van der Waals surface area (Å²) in [5.74, 6) is 0.848. The summed E-state index contributed by atoms with van der Waals surface area (Å²) in [5, 5.41) is 15.5. The lowest BCUT2D eigenvalue weighted by atomic mass is 10.0. The summed E-state index contributed by atoms with van der Waals surface area (Å²) >= 11 is 1.46. The lowest BCUT2D eigenvalue weighted by molar-refractivity contribution is 0.309. The fourth-order valence-electron chi connectivity index (χ4n) is 3.27. The molecule has 0 radical (unpaired) electrons. The van der Waals surface area contributed by atoms with Gasteiger partial charge < -0.3 is 10.1 Å². The van der Waals surface area contributed by atoms with E-state index in [2.05, 4.69) is 59.7 Å². The zero-order valence-corrected chi connectivity index (χ0v) is 19.3. The van der Waals surface area contributed by atoms with Crippen molar-refractivity contribution in [2.24, 2.45) is 0 Å². The van der Waals surface area contributed by atoms with Crippen molar-refractivity contribution in [2.75, 3.05) is 11.9 Å². The Morgan fingerprint density at radius 1 is 0.970 bits per heavy atom. The Morgan fingerprint density at radius 3 is 2.36 bits per heavy atom. The van der Waals surface area contributed by atoms with Gasteiger partial charge in [0.05, 0.1) is 12.3 Å². The van der Waals surface area contributed by atoms with Crippen LogP contribution in [0.2, 0.25) is 0 Å². The number of nitriles is 1. The molecule has 1 aromatic heterocycles. The summed E-state index contributed by atoms with van der Waals surface area (Å²) in [6.07, 6.45) is 3.86. The summed E-state index contributed by atoms with van der Waals surface area (Å²) in [4.78, 5) is 4.69. The van der Waals surface area contributed by atoms with Crippen molar-refractivity contribution in [3.63, 3.8) is 0 Å². The largest absolute Gasteiger partial charge is 0.494 e. The van der Waals surface area contributed by atoms with Crippen LogP contribution in [0.15, 0.2) is 90.4 Å². The molecule has 0 spiro atoms. The third kappa shape index (κ3) is 5.88. The standard InChI is InChI=1S/C28H25N3OS/c1-2-3-17-32-26-15-13-25(14-16-26)30-19-24(18-29)28-31-27(20-33-28)23-11-9-22(10-12-23)21-7-5-4-6-8-21/h4-16,19-20,30H,2-3,17H2,1H3/b24-19+. The number of nitrogens with zero attached hydrogens (tertiary/aromatic N) is 2. The highest BCUT2D eigenvalue weighted by Crippen LogP contribution is 2.28. The Morgan fingerprint density at radius 2 is 1.67 bits per heavy atom. The van der Waals surface area contributed by atoms with Gasteiger partial charge in [-0.1, -0.05) is 67.9 Å². The van der Waals surface area contributed by atoms with Gasteiger partial charge in [0.25, 0.3) is 0 Å². The molecule has 0 aliphatic heterocycles. The summed E-state index contributed by atoms with van der Waals surface area (Å²) in [5.41, 5.74) is 5.63. The Labute approximate surface area is 198 Å². The quantitative estimate of drug-likeness (QED) is 0.210. The van der Waals surface area contributed by atoms with Crippen molar-refractivity contribution in [1.29, 1.82) is 5.26 Å². The van der Waals surface area contributed by atoms with Crippen LogP contribution in [0.3, 0.4) is 0 Å². The number of hydrogen-bond acceptors (Lipinski definition) is 5. The van der Waals surface area contributed by atoms with Crippen LogP contribution < -0.4 is 10.1 Å². The number of benzene rings is 3. The summed E-state index contributed by atoms with van der Waals surface area (Å²) < 4.78 is 5.69. The van der Waals surface area contributed by atoms with Crippen molar-refractivity contribution in [3.05, 3.63) is 95.5 Å². The van der Waals surface area contributed by atoms with Gasteiger partial charge in [-0.3, -0.25) is 0 Å². The number of nitrogens with one attached hydrogen (secondary N) is 1. The van der Waals surface area contributed by atoms with Gasteiger partial charge >= 0.3 is 0 Å². The van der Waals surface area contributed by atoms with Crippen molar-refractivity contribution < 1.29 is 4.74 Å². The first kappa shape index (κ1) is 22.3. The normalized spacial score (nSPS) is 11.1. The number of hydrogen-bond donors (Lipinski definition) is 1. The molecule has 3 aromatic carbocycles. The predicted octanol–water partition coefficient (Wildman–Crippen LogP) is 7.63. The number of rotatable bonds is 9. The zero-order chi connectivity index (χ0) is 22.9. The molecule has 0 saturated carbocycles. The van der Waals surface area contributed by atoms with E-state index in [-0.39, 0.29) is 0 Å². The molecule has 4 rings (SSSR count). The summed E-state index contributed by atoms with van der Waals surface area (Å²) in [6.45, 7) is 2.87. The van der Waals surface area contributed by atoms with Crippen LogP contribution >= 0.6 is 11.3 Å². The van der Waals surface area contributed by atoms with Gasteiger partial charge in [0.15, 0.2) is 0 Å². The second-order valence-corrected chi connectivity index (χ2v) is 8.38. The third-order valence-corrected chi connectivity index (χ3v) is 6.02. The van der Waals surface area contributed by atoms with E-state index in [1.165, 1.54) is 22.5 Å². The molecule has 0 unspecified atom stereocenters. The van der Waals surface area contributed by atoms with Gasteiger partial charge in [-0.05, 0) is 41.8 Å². The van der Waals surface area contributed by atoms with E-state index in [0.717, 1.165) is 42.1 Å². The topological polar surface area (TPSA) is 57.9 Å².